The Bertz CT molecular complexity index is 2270. The molecule has 0 aliphatic rings. The molecule has 8 aromatic carbocycles. The molecule has 0 aliphatic heterocycles. The fourth-order valence-electron chi connectivity index (χ4n) is 6.54. The number of anilines is 3. The average molecular weight is 600 g/mol. The number of rotatable bonds is 7. The van der Waals surface area contributed by atoms with Crippen molar-refractivity contribution in [3.63, 3.8) is 0 Å². The summed E-state index contributed by atoms with van der Waals surface area (Å²) in [6, 6.07) is 71.8. The van der Waals surface area contributed by atoms with Gasteiger partial charge in [0.1, 0.15) is 0 Å². The van der Waals surface area contributed by atoms with Crippen LogP contribution in [0.15, 0.2) is 200 Å². The standard InChI is InChI=1S/C46H33N/c1-4-14-34(15-5-1)38-20-12-21-39(32-38)40-28-31-46(45(33-40)36-16-6-2-7-17-36)47(41-22-8-3-9-23-41)42-29-26-37(27-30-42)44-25-13-19-35-18-10-11-24-43(35)44/h1-33H. The van der Waals surface area contributed by atoms with Crippen LogP contribution in [0, 0.1) is 0 Å². The SMILES string of the molecule is c1ccc(-c2cccc(-c3ccc(N(c4ccccc4)c4ccc(-c5cccc6ccccc56)cc4)c(-c4ccccc4)c3)c2)cc1. The summed E-state index contributed by atoms with van der Waals surface area (Å²) in [7, 11) is 0. The molecule has 0 fully saturated rings. The van der Waals surface area contributed by atoms with Gasteiger partial charge in [-0.05, 0) is 92.2 Å². The van der Waals surface area contributed by atoms with Crippen molar-refractivity contribution in [2.75, 3.05) is 4.90 Å². The molecule has 0 atom stereocenters. The Morgan fingerprint density at radius 3 is 1.51 bits per heavy atom. The molecule has 0 bridgehead atoms. The first-order valence-corrected chi connectivity index (χ1v) is 16.1. The van der Waals surface area contributed by atoms with E-state index in [0.717, 1.165) is 17.1 Å². The number of benzene rings is 8. The van der Waals surface area contributed by atoms with E-state index in [-0.39, 0.29) is 0 Å². The third-order valence-electron chi connectivity index (χ3n) is 8.87. The maximum absolute atomic E-state index is 2.37. The van der Waals surface area contributed by atoms with Crippen molar-refractivity contribution in [1.29, 1.82) is 0 Å². The Labute approximate surface area is 276 Å². The van der Waals surface area contributed by atoms with Gasteiger partial charge in [0.15, 0.2) is 0 Å². The molecule has 222 valence electrons. The van der Waals surface area contributed by atoms with Crippen LogP contribution in [0.4, 0.5) is 17.1 Å². The predicted molar refractivity (Wildman–Crippen MR) is 200 cm³/mol. The summed E-state index contributed by atoms with van der Waals surface area (Å²) >= 11 is 0. The highest BCUT2D eigenvalue weighted by Gasteiger charge is 2.18. The molecule has 0 spiro atoms. The molecule has 0 aliphatic carbocycles. The van der Waals surface area contributed by atoms with Gasteiger partial charge in [0.05, 0.1) is 5.69 Å². The Morgan fingerprint density at radius 1 is 0.277 bits per heavy atom. The van der Waals surface area contributed by atoms with E-state index in [0.29, 0.717) is 0 Å². The zero-order chi connectivity index (χ0) is 31.4. The fourth-order valence-corrected chi connectivity index (χ4v) is 6.54. The van der Waals surface area contributed by atoms with Gasteiger partial charge in [0, 0.05) is 16.9 Å². The van der Waals surface area contributed by atoms with Crippen LogP contribution in [-0.2, 0) is 0 Å². The number of fused-ring (bicyclic) bond motifs is 1. The van der Waals surface area contributed by atoms with Gasteiger partial charge in [-0.2, -0.15) is 0 Å². The van der Waals surface area contributed by atoms with Gasteiger partial charge in [0.2, 0.25) is 0 Å². The van der Waals surface area contributed by atoms with Gasteiger partial charge in [-0.15, -0.1) is 0 Å². The van der Waals surface area contributed by atoms with E-state index in [1.54, 1.807) is 0 Å². The van der Waals surface area contributed by atoms with Crippen LogP contribution >= 0.6 is 0 Å². The largest absolute Gasteiger partial charge is 0.310 e. The summed E-state index contributed by atoms with van der Waals surface area (Å²) in [6.45, 7) is 0. The van der Waals surface area contributed by atoms with Gasteiger partial charge in [-0.3, -0.25) is 0 Å². The van der Waals surface area contributed by atoms with Crippen LogP contribution in [0.5, 0.6) is 0 Å². The molecule has 0 N–H and O–H groups in total. The van der Waals surface area contributed by atoms with E-state index in [1.807, 2.05) is 0 Å². The smallest absolute Gasteiger partial charge is 0.0540 e. The maximum atomic E-state index is 2.37. The zero-order valence-corrected chi connectivity index (χ0v) is 26.0. The second-order valence-electron chi connectivity index (χ2n) is 11.8. The van der Waals surface area contributed by atoms with Crippen molar-refractivity contribution < 1.29 is 0 Å². The molecule has 8 aromatic rings. The molecule has 0 saturated carbocycles. The van der Waals surface area contributed by atoms with E-state index in [2.05, 4.69) is 205 Å². The van der Waals surface area contributed by atoms with Crippen LogP contribution in [0.3, 0.4) is 0 Å². The van der Waals surface area contributed by atoms with E-state index in [4.69, 9.17) is 0 Å². The molecule has 0 radical (unpaired) electrons. The van der Waals surface area contributed by atoms with Crippen molar-refractivity contribution in [2.24, 2.45) is 0 Å². The van der Waals surface area contributed by atoms with E-state index >= 15 is 0 Å². The minimum Gasteiger partial charge on any atom is -0.310 e. The van der Waals surface area contributed by atoms with E-state index in [1.165, 1.54) is 55.3 Å². The van der Waals surface area contributed by atoms with Crippen molar-refractivity contribution in [3.05, 3.63) is 200 Å². The molecule has 1 nitrogen and oxygen atoms in total. The first-order valence-electron chi connectivity index (χ1n) is 16.1. The zero-order valence-electron chi connectivity index (χ0n) is 26.0. The lowest BCUT2D eigenvalue weighted by atomic mass is 9.94. The van der Waals surface area contributed by atoms with Crippen LogP contribution in [0.2, 0.25) is 0 Å². The highest BCUT2D eigenvalue weighted by molar-refractivity contribution is 5.97. The minimum absolute atomic E-state index is 1.11. The molecule has 8 rings (SSSR count). The van der Waals surface area contributed by atoms with Crippen LogP contribution < -0.4 is 4.90 Å². The minimum atomic E-state index is 1.11. The molecule has 1 heteroatoms. The molecule has 0 saturated heterocycles. The maximum Gasteiger partial charge on any atom is 0.0540 e. The third-order valence-corrected chi connectivity index (χ3v) is 8.87. The Kier molecular flexibility index (Phi) is 7.63. The molecule has 47 heavy (non-hydrogen) atoms. The molecule has 0 heterocycles. The average Bonchev–Trinajstić information content (AvgIpc) is 3.16. The van der Waals surface area contributed by atoms with Gasteiger partial charge in [-0.25, -0.2) is 0 Å². The lowest BCUT2D eigenvalue weighted by Crippen LogP contribution is -2.11. The second-order valence-corrected chi connectivity index (χ2v) is 11.8. The summed E-state index contributed by atoms with van der Waals surface area (Å²) in [4.78, 5) is 2.37. The van der Waals surface area contributed by atoms with Crippen LogP contribution in [0.1, 0.15) is 0 Å². The van der Waals surface area contributed by atoms with Crippen LogP contribution in [-0.4, -0.2) is 0 Å². The summed E-state index contributed by atoms with van der Waals surface area (Å²) in [5, 5.41) is 2.52. The van der Waals surface area contributed by atoms with Crippen molar-refractivity contribution in [1.82, 2.24) is 0 Å². The Hall–Kier alpha value is -6.18. The Balaban J connectivity index is 1.26. The highest BCUT2D eigenvalue weighted by atomic mass is 15.1. The molecular weight excluding hydrogens is 567 g/mol. The molecule has 0 amide bonds. The quantitative estimate of drug-likeness (QED) is 0.176. The highest BCUT2D eigenvalue weighted by Crippen LogP contribution is 2.43. The first-order chi connectivity index (χ1) is 23.3. The van der Waals surface area contributed by atoms with E-state index < -0.39 is 0 Å². The lowest BCUT2D eigenvalue weighted by Gasteiger charge is -2.28. The predicted octanol–water partition coefficient (Wildman–Crippen LogP) is 13.0. The second kappa shape index (κ2) is 12.7. The van der Waals surface area contributed by atoms with Gasteiger partial charge in [0.25, 0.3) is 0 Å². The molecular formula is C46H33N. The first kappa shape index (κ1) is 28.3. The molecule has 0 aromatic heterocycles. The summed E-state index contributed by atoms with van der Waals surface area (Å²) in [5.41, 5.74) is 13.0. The van der Waals surface area contributed by atoms with Crippen molar-refractivity contribution >= 4 is 27.8 Å². The van der Waals surface area contributed by atoms with Gasteiger partial charge >= 0.3 is 0 Å². The van der Waals surface area contributed by atoms with Crippen molar-refractivity contribution in [2.45, 2.75) is 0 Å². The van der Waals surface area contributed by atoms with E-state index in [9.17, 15) is 0 Å². The Morgan fingerprint density at radius 2 is 0.766 bits per heavy atom. The fraction of sp³-hybridized carbons (Fsp3) is 0. The number of hydrogen-bond donors (Lipinski definition) is 0. The van der Waals surface area contributed by atoms with Gasteiger partial charge in [-0.1, -0.05) is 158 Å². The number of para-hydroxylation sites is 1. The van der Waals surface area contributed by atoms with Gasteiger partial charge < -0.3 is 4.90 Å². The number of nitrogens with zero attached hydrogens (tertiary/aromatic N) is 1. The summed E-state index contributed by atoms with van der Waals surface area (Å²) in [6.07, 6.45) is 0. The lowest BCUT2D eigenvalue weighted by molar-refractivity contribution is 1.28. The topological polar surface area (TPSA) is 3.24 Å². The summed E-state index contributed by atoms with van der Waals surface area (Å²) < 4.78 is 0. The third kappa shape index (κ3) is 5.72. The van der Waals surface area contributed by atoms with Crippen LogP contribution in [0.25, 0.3) is 55.3 Å². The monoisotopic (exact) mass is 599 g/mol. The molecule has 0 unspecified atom stereocenters. The van der Waals surface area contributed by atoms with Crippen molar-refractivity contribution in [3.8, 4) is 44.5 Å². The number of hydrogen-bond acceptors (Lipinski definition) is 1. The summed E-state index contributed by atoms with van der Waals surface area (Å²) in [5.74, 6) is 0. The normalized spacial score (nSPS) is 11.0.